The van der Waals surface area contributed by atoms with E-state index in [0.717, 1.165) is 24.7 Å². The van der Waals surface area contributed by atoms with Crippen molar-refractivity contribution in [3.63, 3.8) is 0 Å². The van der Waals surface area contributed by atoms with E-state index in [1.165, 1.54) is 37.7 Å². The van der Waals surface area contributed by atoms with Crippen molar-refractivity contribution in [1.82, 2.24) is 4.98 Å². The molecule has 1 aliphatic carbocycles. The van der Waals surface area contributed by atoms with Crippen molar-refractivity contribution in [2.24, 2.45) is 5.92 Å². The van der Waals surface area contributed by atoms with Crippen LogP contribution in [0.4, 0.5) is 5.82 Å². The van der Waals surface area contributed by atoms with E-state index in [2.05, 4.69) is 30.2 Å². The molecule has 0 aromatic carbocycles. The molecule has 1 saturated carbocycles. The van der Waals surface area contributed by atoms with E-state index in [0.29, 0.717) is 12.7 Å². The molecule has 2 unspecified atom stereocenters. The minimum Gasteiger partial charge on any atom is -0.373 e. The van der Waals surface area contributed by atoms with Gasteiger partial charge < -0.3 is 10.1 Å². The Morgan fingerprint density at radius 2 is 2.20 bits per heavy atom. The Bertz CT molecular complexity index is 377. The first-order chi connectivity index (χ1) is 9.81. The van der Waals surface area contributed by atoms with Crippen LogP contribution in [0.2, 0.25) is 0 Å². The van der Waals surface area contributed by atoms with Gasteiger partial charge in [0.05, 0.1) is 12.7 Å². The molecule has 0 radical (unpaired) electrons. The summed E-state index contributed by atoms with van der Waals surface area (Å²) in [5.41, 5.74) is 1.17. The zero-order valence-corrected chi connectivity index (χ0v) is 12.9. The van der Waals surface area contributed by atoms with Crippen LogP contribution in [-0.2, 0) is 11.3 Å². The van der Waals surface area contributed by atoms with E-state index < -0.39 is 0 Å². The van der Waals surface area contributed by atoms with Crippen LogP contribution in [0, 0.1) is 5.92 Å². The Balaban J connectivity index is 1.75. The van der Waals surface area contributed by atoms with Crippen molar-refractivity contribution in [2.45, 2.75) is 65.1 Å². The fourth-order valence-electron chi connectivity index (χ4n) is 2.85. The van der Waals surface area contributed by atoms with Gasteiger partial charge in [-0.3, -0.25) is 0 Å². The van der Waals surface area contributed by atoms with E-state index in [9.17, 15) is 0 Å². The van der Waals surface area contributed by atoms with Crippen molar-refractivity contribution >= 4 is 5.82 Å². The van der Waals surface area contributed by atoms with Crippen LogP contribution in [0.25, 0.3) is 0 Å². The zero-order chi connectivity index (χ0) is 14.2. The first-order valence-corrected chi connectivity index (χ1v) is 8.12. The molecule has 1 aliphatic rings. The highest BCUT2D eigenvalue weighted by Gasteiger charge is 2.21. The van der Waals surface area contributed by atoms with Gasteiger partial charge >= 0.3 is 0 Å². The minimum absolute atomic E-state index is 0.451. The monoisotopic (exact) mass is 276 g/mol. The maximum absolute atomic E-state index is 6.06. The van der Waals surface area contributed by atoms with Gasteiger partial charge in [-0.15, -0.1) is 0 Å². The molecule has 112 valence electrons. The number of anilines is 1. The molecule has 3 heteroatoms. The van der Waals surface area contributed by atoms with Crippen LogP contribution in [0.1, 0.15) is 57.9 Å². The zero-order valence-electron chi connectivity index (χ0n) is 12.9. The smallest absolute Gasteiger partial charge is 0.125 e. The van der Waals surface area contributed by atoms with Gasteiger partial charge in [0.25, 0.3) is 0 Å². The highest BCUT2D eigenvalue weighted by Crippen LogP contribution is 2.28. The molecule has 0 aliphatic heterocycles. The molecule has 0 bridgehead atoms. The number of hydrogen-bond acceptors (Lipinski definition) is 3. The lowest BCUT2D eigenvalue weighted by Crippen LogP contribution is -2.22. The standard InChI is InChI=1S/C17H28N2O/c1-3-10-18-17-9-8-15(12-19-17)13-20-16-7-5-6-14(4-2)11-16/h8-9,12,14,16H,3-7,10-11,13H2,1-2H3,(H,18,19). The van der Waals surface area contributed by atoms with Gasteiger partial charge in [-0.2, -0.15) is 0 Å². The van der Waals surface area contributed by atoms with Gasteiger partial charge in [0.15, 0.2) is 0 Å². The third-order valence-corrected chi connectivity index (χ3v) is 4.18. The van der Waals surface area contributed by atoms with Crippen LogP contribution in [0.5, 0.6) is 0 Å². The predicted molar refractivity (Wildman–Crippen MR) is 83.8 cm³/mol. The molecule has 20 heavy (non-hydrogen) atoms. The van der Waals surface area contributed by atoms with Gasteiger partial charge in [-0.1, -0.05) is 39.2 Å². The molecule has 0 saturated heterocycles. The molecule has 1 N–H and O–H groups in total. The Morgan fingerprint density at radius 3 is 2.90 bits per heavy atom. The first-order valence-electron chi connectivity index (χ1n) is 8.12. The molecule has 1 aromatic rings. The summed E-state index contributed by atoms with van der Waals surface area (Å²) in [5.74, 6) is 1.83. The SMILES string of the molecule is CCCNc1ccc(COC2CCCC(CC)C2)cn1. The molecule has 1 heterocycles. The van der Waals surface area contributed by atoms with Gasteiger partial charge in [-0.25, -0.2) is 4.98 Å². The number of aromatic nitrogens is 1. The Labute approximate surface area is 123 Å². The van der Waals surface area contributed by atoms with Crippen molar-refractivity contribution in [2.75, 3.05) is 11.9 Å². The summed E-state index contributed by atoms with van der Waals surface area (Å²) in [6.07, 6.45) is 9.95. The number of hydrogen-bond donors (Lipinski definition) is 1. The Kier molecular flexibility index (Phi) is 6.31. The molecule has 0 amide bonds. The third-order valence-electron chi connectivity index (χ3n) is 4.18. The van der Waals surface area contributed by atoms with Crippen molar-refractivity contribution in [3.05, 3.63) is 23.9 Å². The topological polar surface area (TPSA) is 34.1 Å². The molecule has 1 aromatic heterocycles. The maximum Gasteiger partial charge on any atom is 0.125 e. The quantitative estimate of drug-likeness (QED) is 0.802. The third kappa shape index (κ3) is 4.78. The summed E-state index contributed by atoms with van der Waals surface area (Å²) >= 11 is 0. The number of rotatable bonds is 7. The summed E-state index contributed by atoms with van der Waals surface area (Å²) in [5, 5.41) is 3.29. The molecule has 3 nitrogen and oxygen atoms in total. The molecular weight excluding hydrogens is 248 g/mol. The lowest BCUT2D eigenvalue weighted by molar-refractivity contribution is 0.00167. The second-order valence-electron chi connectivity index (χ2n) is 5.85. The summed E-state index contributed by atoms with van der Waals surface area (Å²) in [4.78, 5) is 4.42. The highest BCUT2D eigenvalue weighted by atomic mass is 16.5. The van der Waals surface area contributed by atoms with Crippen molar-refractivity contribution in [1.29, 1.82) is 0 Å². The lowest BCUT2D eigenvalue weighted by atomic mass is 9.85. The number of ether oxygens (including phenoxy) is 1. The van der Waals surface area contributed by atoms with Gasteiger partial charge in [0.2, 0.25) is 0 Å². The summed E-state index contributed by atoms with van der Waals surface area (Å²) in [6, 6.07) is 4.16. The molecule has 2 rings (SSSR count). The molecule has 1 fully saturated rings. The van der Waals surface area contributed by atoms with E-state index in [4.69, 9.17) is 4.74 Å². The minimum atomic E-state index is 0.451. The Hall–Kier alpha value is -1.09. The molecule has 0 spiro atoms. The number of nitrogens with one attached hydrogen (secondary N) is 1. The normalized spacial score (nSPS) is 22.7. The summed E-state index contributed by atoms with van der Waals surface area (Å²) < 4.78 is 6.06. The van der Waals surface area contributed by atoms with E-state index in [1.807, 2.05) is 12.3 Å². The molecular formula is C17H28N2O. The number of pyridine rings is 1. The van der Waals surface area contributed by atoms with E-state index in [-0.39, 0.29) is 0 Å². The summed E-state index contributed by atoms with van der Waals surface area (Å²) in [7, 11) is 0. The average molecular weight is 276 g/mol. The predicted octanol–water partition coefficient (Wildman–Crippen LogP) is 4.39. The van der Waals surface area contributed by atoms with Crippen molar-refractivity contribution in [3.8, 4) is 0 Å². The maximum atomic E-state index is 6.06. The van der Waals surface area contributed by atoms with Gasteiger partial charge in [0, 0.05) is 12.7 Å². The van der Waals surface area contributed by atoms with Gasteiger partial charge in [0.1, 0.15) is 5.82 Å². The second kappa shape index (κ2) is 8.25. The van der Waals surface area contributed by atoms with Crippen LogP contribution in [-0.4, -0.2) is 17.6 Å². The van der Waals surface area contributed by atoms with Crippen LogP contribution in [0.3, 0.4) is 0 Å². The largest absolute Gasteiger partial charge is 0.373 e. The van der Waals surface area contributed by atoms with E-state index >= 15 is 0 Å². The van der Waals surface area contributed by atoms with Crippen LogP contribution in [0.15, 0.2) is 18.3 Å². The van der Waals surface area contributed by atoms with Crippen LogP contribution < -0.4 is 5.32 Å². The average Bonchev–Trinajstić information content (AvgIpc) is 2.52. The van der Waals surface area contributed by atoms with Crippen molar-refractivity contribution < 1.29 is 4.74 Å². The van der Waals surface area contributed by atoms with Gasteiger partial charge in [-0.05, 0) is 36.8 Å². The molecule has 2 atom stereocenters. The fourth-order valence-corrected chi connectivity index (χ4v) is 2.85. The Morgan fingerprint density at radius 1 is 1.30 bits per heavy atom. The second-order valence-corrected chi connectivity index (χ2v) is 5.85. The van der Waals surface area contributed by atoms with E-state index in [1.54, 1.807) is 0 Å². The summed E-state index contributed by atoms with van der Waals surface area (Å²) in [6.45, 7) is 6.12. The lowest BCUT2D eigenvalue weighted by Gasteiger charge is -2.28. The fraction of sp³-hybridized carbons (Fsp3) is 0.706. The number of nitrogens with zero attached hydrogens (tertiary/aromatic N) is 1. The first kappa shape index (κ1) is 15.3. The van der Waals surface area contributed by atoms with Crippen LogP contribution >= 0.6 is 0 Å². The highest BCUT2D eigenvalue weighted by molar-refractivity contribution is 5.35.